The van der Waals surface area contributed by atoms with Gasteiger partial charge in [-0.2, -0.15) is 0 Å². The van der Waals surface area contributed by atoms with Crippen molar-refractivity contribution < 1.29 is 19.4 Å². The summed E-state index contributed by atoms with van der Waals surface area (Å²) in [5.74, 6) is -1.46. The summed E-state index contributed by atoms with van der Waals surface area (Å²) >= 11 is 0. The van der Waals surface area contributed by atoms with Gasteiger partial charge < -0.3 is 15.6 Å². The van der Waals surface area contributed by atoms with Crippen LogP contribution in [-0.2, 0) is 22.6 Å². The van der Waals surface area contributed by atoms with Crippen LogP contribution in [0.3, 0.4) is 0 Å². The maximum atomic E-state index is 12.0. The van der Waals surface area contributed by atoms with Crippen molar-refractivity contribution in [3.05, 3.63) is 65.2 Å². The fourth-order valence-corrected chi connectivity index (χ4v) is 1.94. The van der Waals surface area contributed by atoms with Gasteiger partial charge in [0.1, 0.15) is 6.61 Å². The molecule has 0 atom stereocenters. The average molecular weight is 285 g/mol. The molecule has 3 N–H and O–H groups in total. The van der Waals surface area contributed by atoms with Gasteiger partial charge in [-0.1, -0.05) is 36.4 Å². The Hall–Kier alpha value is -2.82. The lowest BCUT2D eigenvalue weighted by molar-refractivity contribution is -0.136. The van der Waals surface area contributed by atoms with Gasteiger partial charge >= 0.3 is 11.9 Å². The zero-order valence-corrected chi connectivity index (χ0v) is 11.3. The summed E-state index contributed by atoms with van der Waals surface area (Å²) in [4.78, 5) is 22.8. The smallest absolute Gasteiger partial charge is 0.340 e. The maximum Gasteiger partial charge on any atom is 0.340 e. The molecule has 2 aromatic carbocycles. The molecule has 2 aromatic rings. The molecular weight excluding hydrogens is 270 g/mol. The van der Waals surface area contributed by atoms with Crippen LogP contribution in [0.5, 0.6) is 0 Å². The molecule has 0 spiro atoms. The Morgan fingerprint density at radius 1 is 1.00 bits per heavy atom. The van der Waals surface area contributed by atoms with Gasteiger partial charge in [0.2, 0.25) is 0 Å². The molecule has 0 fully saturated rings. The number of rotatable bonds is 5. The summed E-state index contributed by atoms with van der Waals surface area (Å²) < 4.78 is 5.21. The molecule has 0 aromatic heterocycles. The van der Waals surface area contributed by atoms with E-state index in [1.54, 1.807) is 48.5 Å². The topological polar surface area (TPSA) is 89.6 Å². The van der Waals surface area contributed by atoms with E-state index in [2.05, 4.69) is 0 Å². The summed E-state index contributed by atoms with van der Waals surface area (Å²) in [6, 6.07) is 13.6. The van der Waals surface area contributed by atoms with Crippen molar-refractivity contribution in [3.8, 4) is 0 Å². The number of nitrogens with two attached hydrogens (primary N) is 1. The van der Waals surface area contributed by atoms with E-state index in [-0.39, 0.29) is 13.0 Å². The van der Waals surface area contributed by atoms with Crippen LogP contribution in [0.15, 0.2) is 48.5 Å². The van der Waals surface area contributed by atoms with E-state index < -0.39 is 11.9 Å². The van der Waals surface area contributed by atoms with E-state index in [1.165, 1.54) is 0 Å². The first-order chi connectivity index (χ1) is 10.1. The number of hydrogen-bond donors (Lipinski definition) is 2. The Labute approximate surface area is 122 Å². The summed E-state index contributed by atoms with van der Waals surface area (Å²) in [6.07, 6.45) is -0.110. The molecule has 0 bridgehead atoms. The number of carboxylic acid groups (broad SMARTS) is 1. The molecule has 0 aliphatic rings. The molecule has 0 unspecified atom stereocenters. The van der Waals surface area contributed by atoms with Crippen molar-refractivity contribution in [1.29, 1.82) is 0 Å². The minimum absolute atomic E-state index is 0.0105. The lowest BCUT2D eigenvalue weighted by Crippen LogP contribution is -2.10. The lowest BCUT2D eigenvalue weighted by atomic mass is 10.1. The molecule has 5 nitrogen and oxygen atoms in total. The van der Waals surface area contributed by atoms with Crippen molar-refractivity contribution >= 4 is 17.6 Å². The predicted octanol–water partition coefficient (Wildman–Crippen LogP) is 2.25. The normalized spacial score (nSPS) is 10.1. The number of carbonyl (C=O) groups is 2. The molecule has 0 radical (unpaired) electrons. The Morgan fingerprint density at radius 3 is 2.29 bits per heavy atom. The molecule has 0 heterocycles. The van der Waals surface area contributed by atoms with Crippen LogP contribution in [0.2, 0.25) is 0 Å². The zero-order chi connectivity index (χ0) is 15.2. The number of benzene rings is 2. The van der Waals surface area contributed by atoms with E-state index in [4.69, 9.17) is 15.6 Å². The molecule has 21 heavy (non-hydrogen) atoms. The lowest BCUT2D eigenvalue weighted by Gasteiger charge is -2.10. The fraction of sp³-hybridized carbons (Fsp3) is 0.125. The third-order valence-electron chi connectivity index (χ3n) is 3.00. The van der Waals surface area contributed by atoms with Crippen LogP contribution >= 0.6 is 0 Å². The average Bonchev–Trinajstić information content (AvgIpc) is 2.46. The number of carboxylic acids is 1. The molecule has 0 saturated carbocycles. The third kappa shape index (κ3) is 3.82. The molecule has 0 aliphatic heterocycles. The third-order valence-corrected chi connectivity index (χ3v) is 3.00. The SMILES string of the molecule is Nc1ccccc1C(=O)OCc1ccccc1CC(=O)O. The first-order valence-corrected chi connectivity index (χ1v) is 6.38. The van der Waals surface area contributed by atoms with Gasteiger partial charge in [-0.25, -0.2) is 4.79 Å². The maximum absolute atomic E-state index is 12.0. The largest absolute Gasteiger partial charge is 0.481 e. The number of hydrogen-bond acceptors (Lipinski definition) is 4. The first-order valence-electron chi connectivity index (χ1n) is 6.38. The van der Waals surface area contributed by atoms with Gasteiger partial charge in [-0.05, 0) is 23.3 Å². The molecule has 5 heteroatoms. The summed E-state index contributed by atoms with van der Waals surface area (Å²) in [6.45, 7) is 0.0105. The van der Waals surface area contributed by atoms with Crippen molar-refractivity contribution in [2.75, 3.05) is 5.73 Å². The molecule has 0 saturated heterocycles. The highest BCUT2D eigenvalue weighted by Gasteiger charge is 2.12. The van der Waals surface area contributed by atoms with Crippen molar-refractivity contribution in [2.45, 2.75) is 13.0 Å². The van der Waals surface area contributed by atoms with Gasteiger partial charge in [0.25, 0.3) is 0 Å². The van der Waals surface area contributed by atoms with E-state index in [0.29, 0.717) is 22.4 Å². The highest BCUT2D eigenvalue weighted by Crippen LogP contribution is 2.15. The summed E-state index contributed by atoms with van der Waals surface area (Å²) in [5.41, 5.74) is 7.65. The van der Waals surface area contributed by atoms with Crippen molar-refractivity contribution in [1.82, 2.24) is 0 Å². The number of anilines is 1. The van der Waals surface area contributed by atoms with Crippen LogP contribution in [0.25, 0.3) is 0 Å². The van der Waals surface area contributed by atoms with Gasteiger partial charge in [0.05, 0.1) is 12.0 Å². The zero-order valence-electron chi connectivity index (χ0n) is 11.3. The molecular formula is C16H15NO4. The van der Waals surface area contributed by atoms with Crippen LogP contribution in [0.4, 0.5) is 5.69 Å². The number of carbonyl (C=O) groups excluding carboxylic acids is 1. The predicted molar refractivity (Wildman–Crippen MR) is 77.8 cm³/mol. The molecule has 2 rings (SSSR count). The minimum atomic E-state index is -0.930. The summed E-state index contributed by atoms with van der Waals surface area (Å²) in [5, 5.41) is 8.86. The number of nitrogen functional groups attached to an aromatic ring is 1. The van der Waals surface area contributed by atoms with E-state index in [9.17, 15) is 9.59 Å². The molecule has 108 valence electrons. The fourth-order valence-electron chi connectivity index (χ4n) is 1.94. The summed E-state index contributed by atoms with van der Waals surface area (Å²) in [7, 11) is 0. The second-order valence-corrected chi connectivity index (χ2v) is 4.50. The number of esters is 1. The Balaban J connectivity index is 2.08. The van der Waals surface area contributed by atoms with Crippen molar-refractivity contribution in [3.63, 3.8) is 0 Å². The van der Waals surface area contributed by atoms with Gasteiger partial charge in [0.15, 0.2) is 0 Å². The standard InChI is InChI=1S/C16H15NO4/c17-14-8-4-3-7-13(14)16(20)21-10-12-6-2-1-5-11(12)9-15(18)19/h1-8H,9-10,17H2,(H,18,19). The number of aliphatic carboxylic acids is 1. The second-order valence-electron chi connectivity index (χ2n) is 4.50. The highest BCUT2D eigenvalue weighted by molar-refractivity contribution is 5.94. The molecule has 0 amide bonds. The number of para-hydroxylation sites is 1. The second kappa shape index (κ2) is 6.56. The van der Waals surface area contributed by atoms with Crippen LogP contribution < -0.4 is 5.73 Å². The van der Waals surface area contributed by atoms with Gasteiger partial charge in [-0.15, -0.1) is 0 Å². The quantitative estimate of drug-likeness (QED) is 0.649. The van der Waals surface area contributed by atoms with Crippen LogP contribution in [0, 0.1) is 0 Å². The highest BCUT2D eigenvalue weighted by atomic mass is 16.5. The van der Waals surface area contributed by atoms with E-state index >= 15 is 0 Å². The Morgan fingerprint density at radius 2 is 1.62 bits per heavy atom. The monoisotopic (exact) mass is 285 g/mol. The van der Waals surface area contributed by atoms with E-state index in [0.717, 1.165) is 0 Å². The first kappa shape index (κ1) is 14.6. The van der Waals surface area contributed by atoms with Crippen molar-refractivity contribution in [2.24, 2.45) is 0 Å². The van der Waals surface area contributed by atoms with E-state index in [1.807, 2.05) is 0 Å². The Bertz CT molecular complexity index is 667. The van der Waals surface area contributed by atoms with Gasteiger partial charge in [-0.3, -0.25) is 4.79 Å². The van der Waals surface area contributed by atoms with Crippen LogP contribution in [0.1, 0.15) is 21.5 Å². The van der Waals surface area contributed by atoms with Crippen LogP contribution in [-0.4, -0.2) is 17.0 Å². The Kier molecular flexibility index (Phi) is 4.56. The minimum Gasteiger partial charge on any atom is -0.481 e. The number of ether oxygens (including phenoxy) is 1. The molecule has 0 aliphatic carbocycles. The van der Waals surface area contributed by atoms with Gasteiger partial charge in [0, 0.05) is 5.69 Å².